The molecule has 0 heterocycles. The van der Waals surface area contributed by atoms with Gasteiger partial charge in [-0.2, -0.15) is 0 Å². The van der Waals surface area contributed by atoms with Gasteiger partial charge in [-0.3, -0.25) is 24.5 Å². The van der Waals surface area contributed by atoms with Crippen LogP contribution >= 0.6 is 0 Å². The van der Waals surface area contributed by atoms with Crippen molar-refractivity contribution in [2.45, 2.75) is 26.2 Å². The van der Waals surface area contributed by atoms with Crippen molar-refractivity contribution in [1.82, 2.24) is 5.32 Å². The second-order valence-electron chi connectivity index (χ2n) is 7.40. The Morgan fingerprint density at radius 3 is 2.03 bits per heavy atom. The fourth-order valence-corrected chi connectivity index (χ4v) is 2.43. The maximum absolute atomic E-state index is 12.1. The SMILES string of the molecule is CC(C)(C)c1ccc(C(=O)NCC(=O)OCC(=O)c2ccc([N+](=O)[O-])cc2)cc1. The molecule has 0 radical (unpaired) electrons. The molecule has 0 aliphatic carbocycles. The Hall–Kier alpha value is -3.55. The van der Waals surface area contributed by atoms with Crippen LogP contribution in [0, 0.1) is 10.1 Å². The number of ketones is 1. The molecule has 1 amide bonds. The van der Waals surface area contributed by atoms with Crippen LogP contribution in [0.15, 0.2) is 48.5 Å². The van der Waals surface area contributed by atoms with Crippen LogP contribution < -0.4 is 5.32 Å². The summed E-state index contributed by atoms with van der Waals surface area (Å²) in [4.78, 5) is 45.9. The minimum absolute atomic E-state index is 0.0327. The van der Waals surface area contributed by atoms with E-state index in [1.54, 1.807) is 12.1 Å². The van der Waals surface area contributed by atoms with Gasteiger partial charge in [0.05, 0.1) is 4.92 Å². The Kier molecular flexibility index (Phi) is 6.82. The first kappa shape index (κ1) is 21.7. The number of ether oxygens (including phenoxy) is 1. The fraction of sp³-hybridized carbons (Fsp3) is 0.286. The van der Waals surface area contributed by atoms with E-state index in [4.69, 9.17) is 4.74 Å². The van der Waals surface area contributed by atoms with Crippen LogP contribution in [0.2, 0.25) is 0 Å². The average molecular weight is 398 g/mol. The number of nitrogens with zero attached hydrogens (tertiary/aromatic N) is 1. The van der Waals surface area contributed by atoms with Crippen molar-refractivity contribution in [3.05, 3.63) is 75.3 Å². The number of nitro benzene ring substituents is 1. The molecule has 152 valence electrons. The number of nitro groups is 1. The van der Waals surface area contributed by atoms with E-state index in [1.807, 2.05) is 12.1 Å². The van der Waals surface area contributed by atoms with E-state index in [0.717, 1.165) is 5.56 Å². The molecule has 2 aromatic carbocycles. The molecule has 8 nitrogen and oxygen atoms in total. The molecule has 0 bridgehead atoms. The number of carbonyl (C=O) groups excluding carboxylic acids is 3. The summed E-state index contributed by atoms with van der Waals surface area (Å²) >= 11 is 0. The van der Waals surface area contributed by atoms with Crippen LogP contribution in [0.4, 0.5) is 5.69 Å². The molecule has 0 fully saturated rings. The predicted molar refractivity (Wildman–Crippen MR) is 106 cm³/mol. The zero-order chi connectivity index (χ0) is 21.6. The lowest BCUT2D eigenvalue weighted by Crippen LogP contribution is -2.31. The molecule has 2 aromatic rings. The van der Waals surface area contributed by atoms with Crippen LogP contribution in [0.1, 0.15) is 47.1 Å². The van der Waals surface area contributed by atoms with Gasteiger partial charge < -0.3 is 10.1 Å². The lowest BCUT2D eigenvalue weighted by molar-refractivity contribution is -0.384. The molecule has 0 aliphatic heterocycles. The quantitative estimate of drug-likeness (QED) is 0.332. The summed E-state index contributed by atoms with van der Waals surface area (Å²) in [6.07, 6.45) is 0. The van der Waals surface area contributed by atoms with Crippen LogP contribution in [0.5, 0.6) is 0 Å². The topological polar surface area (TPSA) is 116 Å². The van der Waals surface area contributed by atoms with Crippen LogP contribution in [-0.4, -0.2) is 35.7 Å². The van der Waals surface area contributed by atoms with Crippen molar-refractivity contribution in [2.24, 2.45) is 0 Å². The third-order valence-corrected chi connectivity index (χ3v) is 4.17. The van der Waals surface area contributed by atoms with E-state index in [9.17, 15) is 24.5 Å². The van der Waals surface area contributed by atoms with Gasteiger partial charge in [0.1, 0.15) is 6.54 Å². The smallest absolute Gasteiger partial charge is 0.325 e. The molecule has 2 rings (SSSR count). The number of non-ortho nitro benzene ring substituents is 1. The minimum Gasteiger partial charge on any atom is -0.456 e. The number of Topliss-reactive ketones (excluding diaryl/α,β-unsaturated/α-hetero) is 1. The summed E-state index contributed by atoms with van der Waals surface area (Å²) in [5.41, 5.74) is 1.50. The number of hydrogen-bond acceptors (Lipinski definition) is 6. The molecule has 29 heavy (non-hydrogen) atoms. The highest BCUT2D eigenvalue weighted by atomic mass is 16.6. The predicted octanol–water partition coefficient (Wildman–Crippen LogP) is 3.05. The van der Waals surface area contributed by atoms with Gasteiger partial charge in [-0.1, -0.05) is 32.9 Å². The van der Waals surface area contributed by atoms with Gasteiger partial charge in [-0.15, -0.1) is 0 Å². The third-order valence-electron chi connectivity index (χ3n) is 4.17. The van der Waals surface area contributed by atoms with E-state index < -0.39 is 29.2 Å². The average Bonchev–Trinajstić information content (AvgIpc) is 2.69. The molecule has 0 aromatic heterocycles. The summed E-state index contributed by atoms with van der Waals surface area (Å²) in [5, 5.41) is 13.0. The summed E-state index contributed by atoms with van der Waals surface area (Å²) < 4.78 is 4.85. The van der Waals surface area contributed by atoms with Gasteiger partial charge in [0.15, 0.2) is 12.4 Å². The lowest BCUT2D eigenvalue weighted by Gasteiger charge is -2.19. The molecule has 0 unspecified atom stereocenters. The van der Waals surface area contributed by atoms with Crippen LogP contribution in [-0.2, 0) is 14.9 Å². The maximum Gasteiger partial charge on any atom is 0.325 e. The van der Waals surface area contributed by atoms with Gasteiger partial charge in [-0.25, -0.2) is 0 Å². The van der Waals surface area contributed by atoms with E-state index >= 15 is 0 Å². The largest absolute Gasteiger partial charge is 0.456 e. The Morgan fingerprint density at radius 1 is 0.966 bits per heavy atom. The number of nitrogens with one attached hydrogen (secondary N) is 1. The first-order valence-corrected chi connectivity index (χ1v) is 8.90. The second kappa shape index (κ2) is 9.09. The van der Waals surface area contributed by atoms with Crippen molar-refractivity contribution in [2.75, 3.05) is 13.2 Å². The third kappa shape index (κ3) is 6.24. The molecule has 0 atom stereocenters. The standard InChI is InChI=1S/C21H22N2O6/c1-21(2,3)16-8-4-15(5-9-16)20(26)22-12-19(25)29-13-18(24)14-6-10-17(11-7-14)23(27)28/h4-11H,12-13H2,1-3H3,(H,22,26). The van der Waals surface area contributed by atoms with Crippen molar-refractivity contribution >= 4 is 23.3 Å². The zero-order valence-electron chi connectivity index (χ0n) is 16.4. The zero-order valence-corrected chi connectivity index (χ0v) is 16.4. The monoisotopic (exact) mass is 398 g/mol. The van der Waals surface area contributed by atoms with E-state index in [1.165, 1.54) is 24.3 Å². The molecule has 1 N–H and O–H groups in total. The van der Waals surface area contributed by atoms with Crippen molar-refractivity contribution in [3.8, 4) is 0 Å². The van der Waals surface area contributed by atoms with Gasteiger partial charge >= 0.3 is 5.97 Å². The number of rotatable bonds is 7. The van der Waals surface area contributed by atoms with E-state index in [0.29, 0.717) is 5.56 Å². The highest BCUT2D eigenvalue weighted by Crippen LogP contribution is 2.22. The number of hydrogen-bond donors (Lipinski definition) is 1. The molecule has 8 heteroatoms. The number of amides is 1. The number of benzene rings is 2. The summed E-state index contributed by atoms with van der Waals surface area (Å²) in [7, 11) is 0. The van der Waals surface area contributed by atoms with Gasteiger partial charge in [0, 0.05) is 23.3 Å². The Balaban J connectivity index is 1.81. The molecule has 0 spiro atoms. The van der Waals surface area contributed by atoms with Gasteiger partial charge in [0.25, 0.3) is 11.6 Å². The summed E-state index contributed by atoms with van der Waals surface area (Å²) in [6.45, 7) is 5.29. The normalized spacial score (nSPS) is 10.9. The Labute approximate surface area is 168 Å². The fourth-order valence-electron chi connectivity index (χ4n) is 2.43. The Morgan fingerprint density at radius 2 is 1.52 bits per heavy atom. The first-order valence-electron chi connectivity index (χ1n) is 8.90. The van der Waals surface area contributed by atoms with Crippen molar-refractivity contribution < 1.29 is 24.0 Å². The highest BCUT2D eigenvalue weighted by molar-refractivity contribution is 5.99. The van der Waals surface area contributed by atoms with Crippen molar-refractivity contribution in [1.29, 1.82) is 0 Å². The highest BCUT2D eigenvalue weighted by Gasteiger charge is 2.16. The summed E-state index contributed by atoms with van der Waals surface area (Å²) in [5.74, 6) is -1.69. The van der Waals surface area contributed by atoms with E-state index in [-0.39, 0.29) is 23.2 Å². The molecular formula is C21H22N2O6. The maximum atomic E-state index is 12.1. The molecular weight excluding hydrogens is 376 g/mol. The number of carbonyl (C=O) groups is 3. The second-order valence-corrected chi connectivity index (χ2v) is 7.40. The first-order chi connectivity index (χ1) is 13.6. The summed E-state index contributed by atoms with van der Waals surface area (Å²) in [6, 6.07) is 12.0. The van der Waals surface area contributed by atoms with E-state index in [2.05, 4.69) is 26.1 Å². The van der Waals surface area contributed by atoms with Crippen LogP contribution in [0.25, 0.3) is 0 Å². The van der Waals surface area contributed by atoms with Gasteiger partial charge in [-0.05, 0) is 35.2 Å². The molecule has 0 aliphatic rings. The molecule has 0 saturated carbocycles. The Bertz CT molecular complexity index is 912. The lowest BCUT2D eigenvalue weighted by atomic mass is 9.87. The van der Waals surface area contributed by atoms with Gasteiger partial charge in [0.2, 0.25) is 0 Å². The minimum atomic E-state index is -0.764. The van der Waals surface area contributed by atoms with Crippen molar-refractivity contribution in [3.63, 3.8) is 0 Å². The molecule has 0 saturated heterocycles. The number of esters is 1. The van der Waals surface area contributed by atoms with Crippen LogP contribution in [0.3, 0.4) is 0 Å².